The molecular weight excluding hydrogens is 342 g/mol. The lowest BCUT2D eigenvalue weighted by Crippen LogP contribution is -2.30. The van der Waals surface area contributed by atoms with Crippen molar-refractivity contribution in [3.63, 3.8) is 0 Å². The molecule has 27 heavy (non-hydrogen) atoms. The Balaban J connectivity index is 2.18. The van der Waals surface area contributed by atoms with Gasteiger partial charge in [-0.3, -0.25) is 9.59 Å². The van der Waals surface area contributed by atoms with Gasteiger partial charge in [0.05, 0.1) is 17.7 Å². The SMILES string of the molecule is CCC(NC(=O)c1cccc(C#N)c1)c1ccccc1OCC(=O)N(C)C. The van der Waals surface area contributed by atoms with Crippen LogP contribution in [0.25, 0.3) is 0 Å². The average Bonchev–Trinajstić information content (AvgIpc) is 2.70. The van der Waals surface area contributed by atoms with Crippen LogP contribution in [-0.2, 0) is 4.79 Å². The van der Waals surface area contributed by atoms with E-state index in [4.69, 9.17) is 10.00 Å². The zero-order chi connectivity index (χ0) is 19.8. The smallest absolute Gasteiger partial charge is 0.259 e. The maximum atomic E-state index is 12.6. The molecule has 0 fully saturated rings. The normalized spacial score (nSPS) is 11.2. The van der Waals surface area contributed by atoms with E-state index in [1.165, 1.54) is 4.90 Å². The largest absolute Gasteiger partial charge is 0.483 e. The first kappa shape index (κ1) is 20.0. The first-order valence-electron chi connectivity index (χ1n) is 8.69. The monoisotopic (exact) mass is 365 g/mol. The minimum absolute atomic E-state index is 0.0708. The number of likely N-dealkylation sites (N-methyl/N-ethyl adjacent to an activating group) is 1. The van der Waals surface area contributed by atoms with Gasteiger partial charge in [-0.05, 0) is 30.7 Å². The molecule has 1 N–H and O–H groups in total. The Morgan fingerprint density at radius 3 is 2.59 bits per heavy atom. The topological polar surface area (TPSA) is 82.4 Å². The van der Waals surface area contributed by atoms with Gasteiger partial charge >= 0.3 is 0 Å². The van der Waals surface area contributed by atoms with Gasteiger partial charge in [0, 0.05) is 25.2 Å². The van der Waals surface area contributed by atoms with E-state index in [0.717, 1.165) is 5.56 Å². The summed E-state index contributed by atoms with van der Waals surface area (Å²) in [6.45, 7) is 1.89. The summed E-state index contributed by atoms with van der Waals surface area (Å²) in [5.41, 5.74) is 1.66. The van der Waals surface area contributed by atoms with E-state index in [9.17, 15) is 9.59 Å². The van der Waals surface area contributed by atoms with Crippen LogP contribution in [0.4, 0.5) is 0 Å². The highest BCUT2D eigenvalue weighted by molar-refractivity contribution is 5.94. The molecule has 2 amide bonds. The molecule has 0 saturated carbocycles. The van der Waals surface area contributed by atoms with Gasteiger partial charge in [0.1, 0.15) is 5.75 Å². The average molecular weight is 365 g/mol. The quantitative estimate of drug-likeness (QED) is 0.818. The molecule has 0 aromatic heterocycles. The molecule has 0 aliphatic carbocycles. The van der Waals surface area contributed by atoms with Crippen molar-refractivity contribution in [2.75, 3.05) is 20.7 Å². The number of ether oxygens (including phenoxy) is 1. The summed E-state index contributed by atoms with van der Waals surface area (Å²) in [4.78, 5) is 25.9. The first-order valence-corrected chi connectivity index (χ1v) is 8.69. The standard InChI is InChI=1S/C21H23N3O3/c1-4-18(23-21(26)16-9-7-8-15(12-16)13-22)17-10-5-6-11-19(17)27-14-20(25)24(2)3/h5-12,18H,4,14H2,1-3H3,(H,23,26). The molecule has 2 aromatic carbocycles. The minimum atomic E-state index is -0.283. The van der Waals surface area contributed by atoms with E-state index in [1.54, 1.807) is 44.4 Å². The molecule has 2 aromatic rings. The molecule has 0 aliphatic heterocycles. The second kappa shape index (κ2) is 9.39. The van der Waals surface area contributed by atoms with Crippen molar-refractivity contribution in [3.05, 3.63) is 65.2 Å². The van der Waals surface area contributed by atoms with Crippen LogP contribution in [0, 0.1) is 11.3 Å². The third-order valence-corrected chi connectivity index (χ3v) is 4.11. The Labute approximate surface area is 159 Å². The fourth-order valence-corrected chi connectivity index (χ4v) is 2.54. The summed E-state index contributed by atoms with van der Waals surface area (Å²) in [7, 11) is 3.34. The van der Waals surface area contributed by atoms with Gasteiger partial charge < -0.3 is 15.0 Å². The summed E-state index contributed by atoms with van der Waals surface area (Å²) in [5, 5.41) is 12.0. The fraction of sp³-hybridized carbons (Fsp3) is 0.286. The molecular formula is C21H23N3O3. The molecule has 1 atom stereocenters. The lowest BCUT2D eigenvalue weighted by atomic mass is 10.0. The Hall–Kier alpha value is -3.33. The van der Waals surface area contributed by atoms with E-state index in [2.05, 4.69) is 5.32 Å². The predicted octanol–water partition coefficient (Wildman–Crippen LogP) is 2.91. The molecule has 6 heteroatoms. The van der Waals surface area contributed by atoms with Gasteiger partial charge in [-0.25, -0.2) is 0 Å². The van der Waals surface area contributed by atoms with Crippen molar-refractivity contribution in [1.82, 2.24) is 10.2 Å². The molecule has 2 rings (SSSR count). The van der Waals surface area contributed by atoms with Crippen LogP contribution in [0.5, 0.6) is 5.75 Å². The number of carbonyl (C=O) groups excluding carboxylic acids is 2. The number of rotatable bonds is 7. The van der Waals surface area contributed by atoms with Crippen molar-refractivity contribution in [1.29, 1.82) is 5.26 Å². The Bertz CT molecular complexity index is 856. The highest BCUT2D eigenvalue weighted by Crippen LogP contribution is 2.27. The van der Waals surface area contributed by atoms with Gasteiger partial charge in [0.15, 0.2) is 6.61 Å². The third-order valence-electron chi connectivity index (χ3n) is 4.11. The predicted molar refractivity (Wildman–Crippen MR) is 102 cm³/mol. The first-order chi connectivity index (χ1) is 13.0. The van der Waals surface area contributed by atoms with Crippen LogP contribution in [0.15, 0.2) is 48.5 Å². The fourth-order valence-electron chi connectivity index (χ4n) is 2.54. The van der Waals surface area contributed by atoms with Crippen LogP contribution in [-0.4, -0.2) is 37.4 Å². The molecule has 0 bridgehead atoms. The molecule has 140 valence electrons. The van der Waals surface area contributed by atoms with Crippen LogP contribution >= 0.6 is 0 Å². The Kier molecular flexibility index (Phi) is 6.95. The van der Waals surface area contributed by atoms with Gasteiger partial charge in [0.2, 0.25) is 0 Å². The highest BCUT2D eigenvalue weighted by Gasteiger charge is 2.18. The van der Waals surface area contributed by atoms with Gasteiger partial charge in [0.25, 0.3) is 11.8 Å². The number of carbonyl (C=O) groups is 2. The number of para-hydroxylation sites is 1. The van der Waals surface area contributed by atoms with E-state index < -0.39 is 0 Å². The summed E-state index contributed by atoms with van der Waals surface area (Å²) in [6, 6.07) is 15.6. The lowest BCUT2D eigenvalue weighted by molar-refractivity contribution is -0.130. The van der Waals surface area contributed by atoms with Crippen molar-refractivity contribution >= 4 is 11.8 Å². The molecule has 0 saturated heterocycles. The van der Waals surface area contributed by atoms with Crippen molar-refractivity contribution in [2.24, 2.45) is 0 Å². The number of nitrogens with zero attached hydrogens (tertiary/aromatic N) is 2. The van der Waals surface area contributed by atoms with E-state index in [0.29, 0.717) is 23.3 Å². The number of nitriles is 1. The van der Waals surface area contributed by atoms with Crippen LogP contribution in [0.2, 0.25) is 0 Å². The molecule has 0 spiro atoms. The van der Waals surface area contributed by atoms with Gasteiger partial charge in [-0.1, -0.05) is 31.2 Å². The van der Waals surface area contributed by atoms with Crippen molar-refractivity contribution in [2.45, 2.75) is 19.4 Å². The maximum absolute atomic E-state index is 12.6. The van der Waals surface area contributed by atoms with E-state index in [1.807, 2.05) is 31.2 Å². The Morgan fingerprint density at radius 1 is 1.19 bits per heavy atom. The minimum Gasteiger partial charge on any atom is -0.483 e. The second-order valence-electron chi connectivity index (χ2n) is 6.24. The van der Waals surface area contributed by atoms with Crippen LogP contribution in [0.1, 0.15) is 40.9 Å². The highest BCUT2D eigenvalue weighted by atomic mass is 16.5. The van der Waals surface area contributed by atoms with Gasteiger partial charge in [-0.15, -0.1) is 0 Å². The molecule has 6 nitrogen and oxygen atoms in total. The van der Waals surface area contributed by atoms with Crippen LogP contribution < -0.4 is 10.1 Å². The number of amides is 2. The third kappa shape index (κ3) is 5.32. The zero-order valence-electron chi connectivity index (χ0n) is 15.7. The van der Waals surface area contributed by atoms with Crippen molar-refractivity contribution < 1.29 is 14.3 Å². The zero-order valence-corrected chi connectivity index (χ0v) is 15.7. The van der Waals surface area contributed by atoms with Crippen LogP contribution in [0.3, 0.4) is 0 Å². The van der Waals surface area contributed by atoms with E-state index in [-0.39, 0.29) is 24.5 Å². The summed E-state index contributed by atoms with van der Waals surface area (Å²) < 4.78 is 5.68. The molecule has 0 aliphatic rings. The number of benzene rings is 2. The summed E-state index contributed by atoms with van der Waals surface area (Å²) in [5.74, 6) is 0.152. The number of hydrogen-bond donors (Lipinski definition) is 1. The maximum Gasteiger partial charge on any atom is 0.259 e. The number of nitrogens with one attached hydrogen (secondary N) is 1. The summed E-state index contributed by atoms with van der Waals surface area (Å²) in [6.07, 6.45) is 0.645. The Morgan fingerprint density at radius 2 is 1.93 bits per heavy atom. The van der Waals surface area contributed by atoms with Crippen molar-refractivity contribution in [3.8, 4) is 11.8 Å². The summed E-state index contributed by atoms with van der Waals surface area (Å²) >= 11 is 0. The van der Waals surface area contributed by atoms with E-state index >= 15 is 0 Å². The second-order valence-corrected chi connectivity index (χ2v) is 6.24. The molecule has 0 radical (unpaired) electrons. The number of hydrogen-bond acceptors (Lipinski definition) is 4. The molecule has 0 heterocycles. The van der Waals surface area contributed by atoms with Gasteiger partial charge in [-0.2, -0.15) is 5.26 Å². The molecule has 1 unspecified atom stereocenters. The lowest BCUT2D eigenvalue weighted by Gasteiger charge is -2.21.